The predicted molar refractivity (Wildman–Crippen MR) is 177 cm³/mol. The lowest BCUT2D eigenvalue weighted by Gasteiger charge is -2.35. The summed E-state index contributed by atoms with van der Waals surface area (Å²) in [6, 6.07) is 15.8. The largest absolute Gasteiger partial charge is 0.368 e. The number of rotatable bonds is 10. The van der Waals surface area contributed by atoms with Gasteiger partial charge in [0.05, 0.1) is 11.0 Å². The Bertz CT molecular complexity index is 1800. The van der Waals surface area contributed by atoms with E-state index in [9.17, 15) is 19.2 Å². The van der Waals surface area contributed by atoms with Gasteiger partial charge in [-0.05, 0) is 99.7 Å². The summed E-state index contributed by atoms with van der Waals surface area (Å²) in [5, 5.41) is 3.03. The number of anilines is 1. The Morgan fingerprint density at radius 3 is 2.30 bits per heavy atom. The summed E-state index contributed by atoms with van der Waals surface area (Å²) in [4.78, 5) is 63.3. The number of benzene rings is 2. The normalized spacial score (nSPS) is 18.9. The number of imidazole rings is 1. The van der Waals surface area contributed by atoms with E-state index in [0.29, 0.717) is 47.7 Å². The molecule has 2 aliphatic carbocycles. The number of carbonyl (C=O) groups is 3. The van der Waals surface area contributed by atoms with E-state index in [-0.39, 0.29) is 35.9 Å². The first-order valence-corrected chi connectivity index (χ1v) is 16.1. The highest BCUT2D eigenvalue weighted by molar-refractivity contribution is 6.02. The number of primary amides is 1. The maximum Gasteiger partial charge on any atom is 0.323 e. The van der Waals surface area contributed by atoms with Crippen LogP contribution in [0.5, 0.6) is 0 Å². The molecule has 6 rings (SSSR count). The second-order valence-electron chi connectivity index (χ2n) is 12.7. The summed E-state index contributed by atoms with van der Waals surface area (Å²) in [6.45, 7) is 2.48. The third-order valence-corrected chi connectivity index (χ3v) is 9.64. The van der Waals surface area contributed by atoms with Crippen LogP contribution in [0.2, 0.25) is 0 Å². The molecule has 2 saturated carbocycles. The van der Waals surface area contributed by atoms with Gasteiger partial charge in [0.15, 0.2) is 0 Å². The second kappa shape index (κ2) is 13.3. The first-order chi connectivity index (χ1) is 22.2. The lowest BCUT2D eigenvalue weighted by Crippen LogP contribution is -2.52. The molecule has 0 saturated heterocycles. The van der Waals surface area contributed by atoms with Crippen LogP contribution in [0.15, 0.2) is 59.4 Å². The smallest absolute Gasteiger partial charge is 0.323 e. The standard InChI is InChI=1S/C35H41N7O4/c1-20-27(14-16-29(38-20)33(44)39-25-3-2-4-25)23-9-5-21(6-10-23)17-31(32(37)43)42(34(45)24-11-7-22(19-36)8-12-24)26-13-15-28-30(18-26)41-35(46)40-28/h5-6,9-10,13-16,18,22,24-25,31H,2-4,7-8,11-12,17,19,36H2,1H3,(H2,37,43)(H,39,44)(H2,40,41,46)/t22?,24?,31-/m0/s1. The number of nitrogens with zero attached hydrogens (tertiary/aromatic N) is 2. The molecule has 1 atom stereocenters. The summed E-state index contributed by atoms with van der Waals surface area (Å²) < 4.78 is 0. The number of aromatic amines is 2. The average molecular weight is 624 g/mol. The SMILES string of the molecule is Cc1nc(C(=O)NC2CCC2)ccc1-c1ccc(C[C@@H](C(N)=O)N(C(=O)C2CCC(CN)CC2)c2ccc3[nH]c(=O)[nH]c3c2)cc1. The highest BCUT2D eigenvalue weighted by Gasteiger charge is 2.36. The molecule has 2 aliphatic rings. The van der Waals surface area contributed by atoms with Crippen molar-refractivity contribution in [1.82, 2.24) is 20.3 Å². The van der Waals surface area contributed by atoms with Crippen LogP contribution in [0.1, 0.15) is 66.7 Å². The molecule has 3 amide bonds. The van der Waals surface area contributed by atoms with Crippen molar-refractivity contribution in [1.29, 1.82) is 0 Å². The number of fused-ring (bicyclic) bond motifs is 1. The van der Waals surface area contributed by atoms with E-state index >= 15 is 0 Å². The van der Waals surface area contributed by atoms with Crippen LogP contribution in [0.3, 0.4) is 0 Å². The minimum absolute atomic E-state index is 0.152. The third kappa shape index (κ3) is 6.60. The van der Waals surface area contributed by atoms with Crippen molar-refractivity contribution < 1.29 is 14.4 Å². The Labute approximate surface area is 267 Å². The van der Waals surface area contributed by atoms with E-state index in [4.69, 9.17) is 11.5 Å². The van der Waals surface area contributed by atoms with E-state index in [0.717, 1.165) is 54.5 Å². The van der Waals surface area contributed by atoms with Crippen molar-refractivity contribution in [2.75, 3.05) is 11.4 Å². The lowest BCUT2D eigenvalue weighted by atomic mass is 9.81. The van der Waals surface area contributed by atoms with Gasteiger partial charge in [-0.1, -0.05) is 30.3 Å². The Kier molecular flexibility index (Phi) is 9.03. The van der Waals surface area contributed by atoms with Gasteiger partial charge in [0.2, 0.25) is 11.8 Å². The Morgan fingerprint density at radius 1 is 0.957 bits per heavy atom. The number of aromatic nitrogens is 3. The number of nitrogens with two attached hydrogens (primary N) is 2. The summed E-state index contributed by atoms with van der Waals surface area (Å²) in [5.74, 6) is -0.797. The second-order valence-corrected chi connectivity index (χ2v) is 12.7. The number of pyridine rings is 1. The van der Waals surface area contributed by atoms with Crippen molar-refractivity contribution >= 4 is 34.4 Å². The summed E-state index contributed by atoms with van der Waals surface area (Å²) in [7, 11) is 0. The van der Waals surface area contributed by atoms with E-state index < -0.39 is 11.9 Å². The topological polar surface area (TPSA) is 180 Å². The molecular formula is C35H41N7O4. The number of H-pyrrole nitrogens is 2. The highest BCUT2D eigenvalue weighted by Crippen LogP contribution is 2.33. The molecule has 0 radical (unpaired) electrons. The van der Waals surface area contributed by atoms with Gasteiger partial charge in [-0.3, -0.25) is 19.3 Å². The molecule has 4 aromatic rings. The summed E-state index contributed by atoms with van der Waals surface area (Å²) in [6.07, 6.45) is 6.46. The van der Waals surface area contributed by atoms with Crippen molar-refractivity contribution in [3.8, 4) is 11.1 Å². The zero-order valence-corrected chi connectivity index (χ0v) is 26.1. The van der Waals surface area contributed by atoms with E-state index in [1.54, 1.807) is 24.3 Å². The lowest BCUT2D eigenvalue weighted by molar-refractivity contribution is -0.127. The Hall–Kier alpha value is -4.77. The van der Waals surface area contributed by atoms with Crippen LogP contribution in [0.4, 0.5) is 5.69 Å². The van der Waals surface area contributed by atoms with Gasteiger partial charge < -0.3 is 26.8 Å². The molecular weight excluding hydrogens is 582 g/mol. The van der Waals surface area contributed by atoms with Crippen LogP contribution in [-0.4, -0.2) is 51.3 Å². The fourth-order valence-corrected chi connectivity index (χ4v) is 6.64. The predicted octanol–water partition coefficient (Wildman–Crippen LogP) is 3.70. The molecule has 46 heavy (non-hydrogen) atoms. The molecule has 2 fully saturated rings. The fourth-order valence-electron chi connectivity index (χ4n) is 6.64. The average Bonchev–Trinajstić information content (AvgIpc) is 3.42. The number of carbonyl (C=O) groups excluding carboxylic acids is 3. The van der Waals surface area contributed by atoms with E-state index in [1.807, 2.05) is 37.3 Å². The summed E-state index contributed by atoms with van der Waals surface area (Å²) in [5.41, 5.74) is 17.0. The van der Waals surface area contributed by atoms with Crippen molar-refractivity contribution in [3.05, 3.63) is 82.0 Å². The molecule has 2 heterocycles. The number of hydrogen-bond acceptors (Lipinski definition) is 6. The van der Waals surface area contributed by atoms with E-state index in [2.05, 4.69) is 20.3 Å². The van der Waals surface area contributed by atoms with Crippen LogP contribution >= 0.6 is 0 Å². The molecule has 11 heteroatoms. The minimum atomic E-state index is -0.953. The number of hydrogen-bond donors (Lipinski definition) is 5. The van der Waals surface area contributed by atoms with Crippen molar-refractivity contribution in [2.24, 2.45) is 23.3 Å². The van der Waals surface area contributed by atoms with Gasteiger partial charge in [0.25, 0.3) is 5.91 Å². The molecule has 0 aliphatic heterocycles. The maximum atomic E-state index is 14.2. The van der Waals surface area contributed by atoms with Gasteiger partial charge in [-0.2, -0.15) is 0 Å². The maximum absolute atomic E-state index is 14.2. The van der Waals surface area contributed by atoms with Crippen LogP contribution in [-0.2, 0) is 16.0 Å². The van der Waals surface area contributed by atoms with Gasteiger partial charge in [0.1, 0.15) is 11.7 Å². The first kappa shape index (κ1) is 31.2. The van der Waals surface area contributed by atoms with Crippen LogP contribution in [0.25, 0.3) is 22.2 Å². The molecule has 11 nitrogen and oxygen atoms in total. The van der Waals surface area contributed by atoms with Crippen LogP contribution < -0.4 is 27.4 Å². The molecule has 2 aromatic carbocycles. The third-order valence-electron chi connectivity index (χ3n) is 9.64. The van der Waals surface area contributed by atoms with Gasteiger partial charge in [0, 0.05) is 35.3 Å². The van der Waals surface area contributed by atoms with Gasteiger partial charge in [-0.25, -0.2) is 9.78 Å². The van der Waals surface area contributed by atoms with Crippen molar-refractivity contribution in [2.45, 2.75) is 70.4 Å². The Morgan fingerprint density at radius 2 is 1.67 bits per heavy atom. The molecule has 0 bridgehead atoms. The molecule has 0 spiro atoms. The highest BCUT2D eigenvalue weighted by atomic mass is 16.2. The Balaban J connectivity index is 1.25. The number of amides is 3. The van der Waals surface area contributed by atoms with Crippen molar-refractivity contribution in [3.63, 3.8) is 0 Å². The molecule has 240 valence electrons. The number of nitrogens with one attached hydrogen (secondary N) is 3. The zero-order chi connectivity index (χ0) is 32.4. The minimum Gasteiger partial charge on any atom is -0.368 e. The molecule has 0 unspecified atom stereocenters. The van der Waals surface area contributed by atoms with E-state index in [1.165, 1.54) is 4.90 Å². The quantitative estimate of drug-likeness (QED) is 0.180. The zero-order valence-electron chi connectivity index (χ0n) is 26.1. The van der Waals surface area contributed by atoms with Gasteiger partial charge >= 0.3 is 5.69 Å². The molecule has 2 aromatic heterocycles. The monoisotopic (exact) mass is 623 g/mol. The summed E-state index contributed by atoms with van der Waals surface area (Å²) >= 11 is 0. The molecule has 7 N–H and O–H groups in total. The first-order valence-electron chi connectivity index (χ1n) is 16.1. The van der Waals surface area contributed by atoms with Crippen LogP contribution in [0, 0.1) is 18.8 Å². The van der Waals surface area contributed by atoms with Gasteiger partial charge in [-0.15, -0.1) is 0 Å². The fraction of sp³-hybridized carbons (Fsp3) is 0.400. The number of aryl methyl sites for hydroxylation is 1.